The van der Waals surface area contributed by atoms with Gasteiger partial charge in [-0.15, -0.1) is 0 Å². The number of carbonyl (C=O) groups is 1. The Morgan fingerprint density at radius 1 is 1.41 bits per heavy atom. The van der Waals surface area contributed by atoms with E-state index in [1.165, 1.54) is 0 Å². The molecule has 0 radical (unpaired) electrons. The zero-order valence-corrected chi connectivity index (χ0v) is 9.72. The van der Waals surface area contributed by atoms with E-state index in [2.05, 4.69) is 0 Å². The Labute approximate surface area is 99.4 Å². The van der Waals surface area contributed by atoms with Gasteiger partial charge in [-0.3, -0.25) is 0 Å². The number of aromatic nitrogens is 1. The van der Waals surface area contributed by atoms with E-state index in [-0.39, 0.29) is 5.69 Å². The van der Waals surface area contributed by atoms with Gasteiger partial charge >= 0.3 is 5.97 Å². The average Bonchev–Trinajstić information content (AvgIpc) is 2.68. The van der Waals surface area contributed by atoms with Gasteiger partial charge in [0.25, 0.3) is 0 Å². The molecule has 17 heavy (non-hydrogen) atoms. The minimum absolute atomic E-state index is 0.169. The van der Waals surface area contributed by atoms with Crippen molar-refractivity contribution in [2.75, 3.05) is 6.61 Å². The molecule has 4 heteroatoms. The van der Waals surface area contributed by atoms with Gasteiger partial charge in [-0.1, -0.05) is 31.5 Å². The van der Waals surface area contributed by atoms with E-state index >= 15 is 0 Å². The summed E-state index contributed by atoms with van der Waals surface area (Å²) in [5, 5.41) is 10.6. The molecule has 0 aliphatic rings. The molecule has 0 aliphatic carbocycles. The highest BCUT2D eigenvalue weighted by Gasteiger charge is 2.15. The van der Waals surface area contributed by atoms with Crippen LogP contribution in [0.4, 0.5) is 0 Å². The lowest BCUT2D eigenvalue weighted by molar-refractivity contribution is 0.0454. The van der Waals surface area contributed by atoms with Crippen LogP contribution >= 0.6 is 0 Å². The monoisotopic (exact) mass is 233 g/mol. The lowest BCUT2D eigenvalue weighted by atomic mass is 10.2. The van der Waals surface area contributed by atoms with E-state index in [1.807, 2.05) is 19.1 Å². The maximum atomic E-state index is 11.7. The molecule has 2 rings (SSSR count). The first-order valence-electron chi connectivity index (χ1n) is 5.71. The summed E-state index contributed by atoms with van der Waals surface area (Å²) in [6.45, 7) is 2.41. The van der Waals surface area contributed by atoms with Gasteiger partial charge in [0.15, 0.2) is 5.69 Å². The van der Waals surface area contributed by atoms with Crippen LogP contribution in [0.2, 0.25) is 0 Å². The minimum atomic E-state index is -0.489. The van der Waals surface area contributed by atoms with Crippen LogP contribution in [-0.4, -0.2) is 22.5 Å². The molecule has 0 saturated heterocycles. The number of benzene rings is 1. The quantitative estimate of drug-likeness (QED) is 0.502. The van der Waals surface area contributed by atoms with E-state index < -0.39 is 5.97 Å². The van der Waals surface area contributed by atoms with Crippen LogP contribution in [-0.2, 0) is 4.74 Å². The fraction of sp³-hybridized carbons (Fsp3) is 0.308. The van der Waals surface area contributed by atoms with Crippen molar-refractivity contribution in [1.29, 1.82) is 0 Å². The van der Waals surface area contributed by atoms with Crippen molar-refractivity contribution in [3.05, 3.63) is 36.0 Å². The average molecular weight is 233 g/mol. The van der Waals surface area contributed by atoms with Gasteiger partial charge in [-0.2, -0.15) is 4.73 Å². The summed E-state index contributed by atoms with van der Waals surface area (Å²) in [5.74, 6) is -0.489. The molecule has 4 nitrogen and oxygen atoms in total. The number of nitrogens with zero attached hydrogens (tertiary/aromatic N) is 1. The van der Waals surface area contributed by atoms with E-state index in [4.69, 9.17) is 4.74 Å². The highest BCUT2D eigenvalue weighted by Crippen LogP contribution is 2.18. The minimum Gasteiger partial charge on any atom is -0.461 e. The Kier molecular flexibility index (Phi) is 3.32. The molecule has 0 bridgehead atoms. The van der Waals surface area contributed by atoms with Gasteiger partial charge in [0.05, 0.1) is 12.1 Å². The Hall–Kier alpha value is -1.97. The molecule has 1 N–H and O–H groups in total. The molecule has 0 spiro atoms. The molecule has 0 atom stereocenters. The Morgan fingerprint density at radius 2 is 2.18 bits per heavy atom. The van der Waals surface area contributed by atoms with E-state index in [0.717, 1.165) is 23.0 Å². The topological polar surface area (TPSA) is 51.5 Å². The third kappa shape index (κ3) is 2.25. The van der Waals surface area contributed by atoms with Gasteiger partial charge in [-0.05, 0) is 18.6 Å². The molecular formula is C13H15NO3. The number of esters is 1. The third-order valence-electron chi connectivity index (χ3n) is 2.63. The van der Waals surface area contributed by atoms with Gasteiger partial charge in [0, 0.05) is 5.39 Å². The summed E-state index contributed by atoms with van der Waals surface area (Å²) in [4.78, 5) is 11.7. The number of carbonyl (C=O) groups excluding carboxylic acids is 1. The van der Waals surface area contributed by atoms with Crippen LogP contribution in [0, 0.1) is 0 Å². The second-order valence-corrected chi connectivity index (χ2v) is 3.89. The lowest BCUT2D eigenvalue weighted by Crippen LogP contribution is -2.11. The summed E-state index contributed by atoms with van der Waals surface area (Å²) < 4.78 is 5.94. The molecule has 0 unspecified atom stereocenters. The Bertz CT molecular complexity index is 530. The van der Waals surface area contributed by atoms with Crippen molar-refractivity contribution in [3.8, 4) is 0 Å². The Balaban J connectivity index is 2.23. The SMILES string of the molecule is CCCCOC(=O)c1cc2ccccc2n1O. The van der Waals surface area contributed by atoms with Gasteiger partial charge < -0.3 is 9.94 Å². The molecule has 1 aromatic heterocycles. The van der Waals surface area contributed by atoms with Crippen LogP contribution in [0.1, 0.15) is 30.3 Å². The molecule has 1 aromatic carbocycles. The summed E-state index contributed by atoms with van der Waals surface area (Å²) in [6.07, 6.45) is 1.80. The van der Waals surface area contributed by atoms with Crippen molar-refractivity contribution in [2.24, 2.45) is 0 Å². The van der Waals surface area contributed by atoms with Crippen molar-refractivity contribution >= 4 is 16.9 Å². The highest BCUT2D eigenvalue weighted by molar-refractivity contribution is 5.95. The molecule has 0 aliphatic heterocycles. The third-order valence-corrected chi connectivity index (χ3v) is 2.63. The smallest absolute Gasteiger partial charge is 0.358 e. The number of unbranched alkanes of at least 4 members (excludes halogenated alkanes) is 1. The zero-order valence-electron chi connectivity index (χ0n) is 9.72. The summed E-state index contributed by atoms with van der Waals surface area (Å²) in [7, 11) is 0. The highest BCUT2D eigenvalue weighted by atomic mass is 16.5. The molecule has 0 amide bonds. The second kappa shape index (κ2) is 4.91. The molecule has 1 heterocycles. The molecule has 0 saturated carbocycles. The summed E-state index contributed by atoms with van der Waals surface area (Å²) >= 11 is 0. The van der Waals surface area contributed by atoms with Crippen molar-refractivity contribution in [1.82, 2.24) is 4.73 Å². The number of hydrogen-bond donors (Lipinski definition) is 1. The zero-order chi connectivity index (χ0) is 12.3. The fourth-order valence-electron chi connectivity index (χ4n) is 1.67. The van der Waals surface area contributed by atoms with Crippen molar-refractivity contribution in [2.45, 2.75) is 19.8 Å². The van der Waals surface area contributed by atoms with Gasteiger partial charge in [0.1, 0.15) is 0 Å². The number of fused-ring (bicyclic) bond motifs is 1. The molecular weight excluding hydrogens is 218 g/mol. The molecule has 90 valence electrons. The normalized spacial score (nSPS) is 10.6. The van der Waals surface area contributed by atoms with Crippen LogP contribution in [0.15, 0.2) is 30.3 Å². The molecule has 2 aromatic rings. The predicted molar refractivity (Wildman–Crippen MR) is 64.3 cm³/mol. The van der Waals surface area contributed by atoms with Crippen LogP contribution < -0.4 is 0 Å². The first-order chi connectivity index (χ1) is 8.24. The number of hydrogen-bond acceptors (Lipinski definition) is 3. The van der Waals surface area contributed by atoms with E-state index in [0.29, 0.717) is 12.1 Å². The Morgan fingerprint density at radius 3 is 2.88 bits per heavy atom. The predicted octanol–water partition coefficient (Wildman–Crippen LogP) is 2.84. The van der Waals surface area contributed by atoms with E-state index in [9.17, 15) is 10.0 Å². The fourth-order valence-corrected chi connectivity index (χ4v) is 1.67. The number of ether oxygens (including phenoxy) is 1. The van der Waals surface area contributed by atoms with Gasteiger partial charge in [0.2, 0.25) is 0 Å². The summed E-state index contributed by atoms with van der Waals surface area (Å²) in [6, 6.07) is 8.88. The van der Waals surface area contributed by atoms with Crippen LogP contribution in [0.25, 0.3) is 10.9 Å². The first kappa shape index (κ1) is 11.5. The number of para-hydroxylation sites is 1. The molecule has 0 fully saturated rings. The summed E-state index contributed by atoms with van der Waals surface area (Å²) in [5.41, 5.74) is 0.775. The van der Waals surface area contributed by atoms with Gasteiger partial charge in [-0.25, -0.2) is 4.79 Å². The maximum Gasteiger partial charge on any atom is 0.358 e. The van der Waals surface area contributed by atoms with Crippen LogP contribution in [0.5, 0.6) is 0 Å². The largest absolute Gasteiger partial charge is 0.461 e. The second-order valence-electron chi connectivity index (χ2n) is 3.89. The first-order valence-corrected chi connectivity index (χ1v) is 5.71. The standard InChI is InChI=1S/C13H15NO3/c1-2-3-8-17-13(15)12-9-10-6-4-5-7-11(10)14(12)16/h4-7,9,16H,2-3,8H2,1H3. The maximum absolute atomic E-state index is 11.7. The lowest BCUT2D eigenvalue weighted by Gasteiger charge is -2.03. The van der Waals surface area contributed by atoms with Crippen molar-refractivity contribution in [3.63, 3.8) is 0 Å². The van der Waals surface area contributed by atoms with E-state index in [1.54, 1.807) is 18.2 Å². The van der Waals surface area contributed by atoms with Crippen molar-refractivity contribution < 1.29 is 14.7 Å². The van der Waals surface area contributed by atoms with Crippen LogP contribution in [0.3, 0.4) is 0 Å². The number of rotatable bonds is 4.